The van der Waals surface area contributed by atoms with Crippen molar-refractivity contribution < 1.29 is 23.8 Å². The first-order valence-corrected chi connectivity index (χ1v) is 3.59. The second-order valence-electron chi connectivity index (χ2n) is 2.27. The van der Waals surface area contributed by atoms with Gasteiger partial charge in [0, 0.05) is 6.92 Å². The predicted octanol–water partition coefficient (Wildman–Crippen LogP) is 1.23. The minimum absolute atomic E-state index is 0.0675. The van der Waals surface area contributed by atoms with Crippen molar-refractivity contribution in [1.29, 1.82) is 0 Å². The van der Waals surface area contributed by atoms with Crippen molar-refractivity contribution >= 4 is 12.1 Å². The molecule has 0 saturated heterocycles. The van der Waals surface area contributed by atoms with Crippen LogP contribution in [0.25, 0.3) is 0 Å². The minimum Gasteiger partial charge on any atom is -0.438 e. The Kier molecular flexibility index (Phi) is 4.58. The van der Waals surface area contributed by atoms with E-state index in [1.165, 1.54) is 21.0 Å². The highest BCUT2D eigenvalue weighted by Gasteiger charge is 2.15. The van der Waals surface area contributed by atoms with Gasteiger partial charge in [-0.15, -0.1) is 0 Å². The van der Waals surface area contributed by atoms with Gasteiger partial charge in [-0.3, -0.25) is 4.79 Å². The van der Waals surface area contributed by atoms with Gasteiger partial charge in [0.1, 0.15) is 5.76 Å². The van der Waals surface area contributed by atoms with Gasteiger partial charge in [-0.2, -0.15) is 0 Å². The highest BCUT2D eigenvalue weighted by atomic mass is 16.7. The summed E-state index contributed by atoms with van der Waals surface area (Å²) in [4.78, 5) is 21.0. The molecule has 0 aliphatic rings. The summed E-state index contributed by atoms with van der Waals surface area (Å²) >= 11 is 0. The van der Waals surface area contributed by atoms with Crippen LogP contribution in [0, 0.1) is 0 Å². The molecular formula is C8H12O5. The molecule has 13 heavy (non-hydrogen) atoms. The van der Waals surface area contributed by atoms with Gasteiger partial charge in [0.05, 0.1) is 7.11 Å². The molecule has 0 fully saturated rings. The van der Waals surface area contributed by atoms with Crippen LogP contribution in [0.4, 0.5) is 4.79 Å². The first-order valence-electron chi connectivity index (χ1n) is 3.59. The van der Waals surface area contributed by atoms with Gasteiger partial charge in [-0.05, 0) is 6.92 Å². The Morgan fingerprint density at radius 3 is 2.31 bits per heavy atom. The minimum atomic E-state index is -0.846. The summed E-state index contributed by atoms with van der Waals surface area (Å²) in [6, 6.07) is 0. The molecule has 0 N–H and O–H groups in total. The smallest absolute Gasteiger partial charge is 0.438 e. The zero-order valence-corrected chi connectivity index (χ0v) is 7.83. The molecule has 0 bridgehead atoms. The van der Waals surface area contributed by atoms with E-state index in [1.807, 2.05) is 0 Å². The Hall–Kier alpha value is -1.52. The molecule has 1 unspecified atom stereocenters. The molecule has 0 amide bonds. The molecule has 5 heteroatoms. The number of ether oxygens (including phenoxy) is 3. The molecule has 0 aliphatic carbocycles. The summed E-state index contributed by atoms with van der Waals surface area (Å²) in [6.45, 7) is 6.15. The van der Waals surface area contributed by atoms with Crippen LogP contribution in [0.5, 0.6) is 0 Å². The number of rotatable bonds is 3. The van der Waals surface area contributed by atoms with Crippen molar-refractivity contribution in [2.75, 3.05) is 7.11 Å². The first-order chi connectivity index (χ1) is 5.97. The molecule has 0 rings (SSSR count). The third kappa shape index (κ3) is 4.84. The lowest BCUT2D eigenvalue weighted by atomic mass is 10.3. The molecule has 0 aromatic carbocycles. The van der Waals surface area contributed by atoms with E-state index in [0.29, 0.717) is 0 Å². The Morgan fingerprint density at radius 1 is 1.38 bits per heavy atom. The molecule has 0 aromatic rings. The van der Waals surface area contributed by atoms with Gasteiger partial charge in [0.2, 0.25) is 0 Å². The number of carbonyl (C=O) groups is 2. The highest BCUT2D eigenvalue weighted by Crippen LogP contribution is 2.06. The first kappa shape index (κ1) is 11.5. The van der Waals surface area contributed by atoms with E-state index in [2.05, 4.69) is 20.8 Å². The number of esters is 1. The number of carbonyl (C=O) groups excluding carboxylic acids is 2. The fourth-order valence-electron chi connectivity index (χ4n) is 0.526. The normalized spacial score (nSPS) is 11.3. The lowest BCUT2D eigenvalue weighted by molar-refractivity contribution is -0.138. The molecule has 0 aromatic heterocycles. The Labute approximate surface area is 76.3 Å². The third-order valence-electron chi connectivity index (χ3n) is 1.17. The van der Waals surface area contributed by atoms with E-state index in [9.17, 15) is 9.59 Å². The lowest BCUT2D eigenvalue weighted by Gasteiger charge is -2.13. The summed E-state index contributed by atoms with van der Waals surface area (Å²) in [6.07, 6.45) is -1.56. The molecule has 0 saturated carbocycles. The van der Waals surface area contributed by atoms with E-state index < -0.39 is 18.2 Å². The van der Waals surface area contributed by atoms with Crippen molar-refractivity contribution in [1.82, 2.24) is 0 Å². The standard InChI is InChI=1S/C8H12O5/c1-5(12-7(3)9)6(2)13-8(10)11-4/h6H,1H2,2-4H3. The topological polar surface area (TPSA) is 61.8 Å². The van der Waals surface area contributed by atoms with Crippen LogP contribution in [0.1, 0.15) is 13.8 Å². The SMILES string of the molecule is C=C(OC(C)=O)C(C)OC(=O)OC. The fourth-order valence-corrected chi connectivity index (χ4v) is 0.526. The highest BCUT2D eigenvalue weighted by molar-refractivity contribution is 5.67. The van der Waals surface area contributed by atoms with Gasteiger partial charge in [0.15, 0.2) is 6.10 Å². The van der Waals surface area contributed by atoms with E-state index in [-0.39, 0.29) is 5.76 Å². The van der Waals surface area contributed by atoms with Crippen molar-refractivity contribution in [3.63, 3.8) is 0 Å². The quantitative estimate of drug-likeness (QED) is 0.492. The van der Waals surface area contributed by atoms with Crippen molar-refractivity contribution in [3.05, 3.63) is 12.3 Å². The van der Waals surface area contributed by atoms with Crippen molar-refractivity contribution in [2.45, 2.75) is 20.0 Å². The number of hydrogen-bond donors (Lipinski definition) is 0. The molecule has 0 aliphatic heterocycles. The Morgan fingerprint density at radius 2 is 1.92 bits per heavy atom. The van der Waals surface area contributed by atoms with Crippen LogP contribution in [0.3, 0.4) is 0 Å². The number of methoxy groups -OCH3 is 1. The summed E-state index contributed by atoms with van der Waals surface area (Å²) < 4.78 is 13.4. The van der Waals surface area contributed by atoms with Crippen molar-refractivity contribution in [2.24, 2.45) is 0 Å². The van der Waals surface area contributed by atoms with Crippen LogP contribution < -0.4 is 0 Å². The third-order valence-corrected chi connectivity index (χ3v) is 1.17. The van der Waals surface area contributed by atoms with E-state index in [0.717, 1.165) is 0 Å². The maximum absolute atomic E-state index is 10.6. The monoisotopic (exact) mass is 188 g/mol. The lowest BCUT2D eigenvalue weighted by Crippen LogP contribution is -2.19. The fraction of sp³-hybridized carbons (Fsp3) is 0.500. The average molecular weight is 188 g/mol. The molecule has 0 spiro atoms. The van der Waals surface area contributed by atoms with Crippen LogP contribution >= 0.6 is 0 Å². The van der Waals surface area contributed by atoms with Gasteiger partial charge in [0.25, 0.3) is 0 Å². The summed E-state index contributed by atoms with van der Waals surface area (Å²) in [5, 5.41) is 0. The second-order valence-corrected chi connectivity index (χ2v) is 2.27. The van der Waals surface area contributed by atoms with E-state index >= 15 is 0 Å². The Balaban J connectivity index is 3.96. The molecular weight excluding hydrogens is 176 g/mol. The van der Waals surface area contributed by atoms with Gasteiger partial charge < -0.3 is 14.2 Å². The summed E-state index contributed by atoms with van der Waals surface area (Å²) in [7, 11) is 1.18. The molecule has 5 nitrogen and oxygen atoms in total. The summed E-state index contributed by atoms with van der Waals surface area (Å²) in [5.41, 5.74) is 0. The molecule has 0 heterocycles. The summed E-state index contributed by atoms with van der Waals surface area (Å²) in [5.74, 6) is -0.441. The maximum atomic E-state index is 10.6. The number of hydrogen-bond acceptors (Lipinski definition) is 5. The van der Waals surface area contributed by atoms with Crippen LogP contribution in [-0.2, 0) is 19.0 Å². The zero-order chi connectivity index (χ0) is 10.4. The van der Waals surface area contributed by atoms with Gasteiger partial charge in [-0.25, -0.2) is 4.79 Å². The second kappa shape index (κ2) is 5.18. The van der Waals surface area contributed by atoms with Crippen LogP contribution in [-0.4, -0.2) is 25.3 Å². The van der Waals surface area contributed by atoms with Gasteiger partial charge in [-0.1, -0.05) is 6.58 Å². The average Bonchev–Trinajstić information content (AvgIpc) is 2.02. The maximum Gasteiger partial charge on any atom is 0.508 e. The van der Waals surface area contributed by atoms with Crippen molar-refractivity contribution in [3.8, 4) is 0 Å². The van der Waals surface area contributed by atoms with E-state index in [4.69, 9.17) is 0 Å². The predicted molar refractivity (Wildman–Crippen MR) is 43.9 cm³/mol. The largest absolute Gasteiger partial charge is 0.508 e. The van der Waals surface area contributed by atoms with E-state index in [1.54, 1.807) is 0 Å². The van der Waals surface area contributed by atoms with Crippen LogP contribution in [0.15, 0.2) is 12.3 Å². The molecule has 1 atom stereocenters. The Bertz CT molecular complexity index is 221. The zero-order valence-electron chi connectivity index (χ0n) is 7.83. The molecule has 74 valence electrons. The molecule has 0 radical (unpaired) electrons. The van der Waals surface area contributed by atoms with Crippen LogP contribution in [0.2, 0.25) is 0 Å². The van der Waals surface area contributed by atoms with Gasteiger partial charge >= 0.3 is 12.1 Å².